The highest BCUT2D eigenvalue weighted by molar-refractivity contribution is 6.36. The summed E-state index contributed by atoms with van der Waals surface area (Å²) in [6.45, 7) is 0. The van der Waals surface area contributed by atoms with Gasteiger partial charge in [0, 0.05) is 15.6 Å². The minimum atomic E-state index is -0.796. The highest BCUT2D eigenvalue weighted by Crippen LogP contribution is 2.24. The monoisotopic (exact) mass is 233 g/mol. The number of rotatable bonds is 3. The van der Waals surface area contributed by atoms with Crippen LogP contribution in [0.4, 0.5) is 0 Å². The van der Waals surface area contributed by atoms with Crippen LogP contribution in [-0.2, 0) is 16.1 Å². The van der Waals surface area contributed by atoms with Crippen LogP contribution in [0.3, 0.4) is 0 Å². The molecule has 0 fully saturated rings. The average molecular weight is 234 g/mol. The summed E-state index contributed by atoms with van der Waals surface area (Å²) in [5.74, 6) is -0.796. The summed E-state index contributed by atoms with van der Waals surface area (Å²) in [6.07, 6.45) is -0.176. The fourth-order valence-corrected chi connectivity index (χ4v) is 1.45. The second-order valence-corrected chi connectivity index (χ2v) is 3.23. The Morgan fingerprint density at radius 3 is 2.43 bits per heavy atom. The summed E-state index contributed by atoms with van der Waals surface area (Å²) in [7, 11) is 0. The van der Waals surface area contributed by atoms with Crippen LogP contribution in [0.25, 0.3) is 0 Å². The highest BCUT2D eigenvalue weighted by Gasteiger charge is 2.12. The number of carbonyl (C=O) groups is 1. The Morgan fingerprint density at radius 1 is 1.36 bits per heavy atom. The van der Waals surface area contributed by atoms with Gasteiger partial charge in [0.05, 0.1) is 6.42 Å². The Hall–Kier alpha value is -1.13. The Kier molecular flexibility index (Phi) is 3.85. The maximum absolute atomic E-state index is 10.9. The van der Waals surface area contributed by atoms with Crippen molar-refractivity contribution >= 4 is 29.2 Å². The molecule has 0 bridgehead atoms. The predicted octanol–water partition coefficient (Wildman–Crippen LogP) is 2.76. The summed E-state index contributed by atoms with van der Waals surface area (Å²) in [5, 5.41) is 2.70. The molecule has 0 saturated carbocycles. The zero-order valence-corrected chi connectivity index (χ0v) is 8.38. The normalized spacial score (nSPS) is 9.57. The molecule has 0 aliphatic rings. The molecule has 6 heteroatoms. The SMILES string of the molecule is O=NOC(=O)Cc1c(Cl)cccc1Cl. The number of benzene rings is 1. The molecule has 0 radical (unpaired) electrons. The number of halogens is 2. The molecule has 4 nitrogen and oxygen atoms in total. The molecule has 0 heterocycles. The molecule has 0 aliphatic heterocycles. The van der Waals surface area contributed by atoms with E-state index in [9.17, 15) is 9.70 Å². The summed E-state index contributed by atoms with van der Waals surface area (Å²) in [4.78, 5) is 24.4. The van der Waals surface area contributed by atoms with Crippen LogP contribution in [0.5, 0.6) is 0 Å². The molecule has 74 valence electrons. The van der Waals surface area contributed by atoms with Crippen LogP contribution in [0.1, 0.15) is 5.56 Å². The lowest BCUT2D eigenvalue weighted by atomic mass is 10.1. The quantitative estimate of drug-likeness (QED) is 0.596. The van der Waals surface area contributed by atoms with Gasteiger partial charge in [0.1, 0.15) is 0 Å². The van der Waals surface area contributed by atoms with E-state index in [1.807, 2.05) is 5.34 Å². The first-order chi connectivity index (χ1) is 6.65. The average Bonchev–Trinajstić information content (AvgIpc) is 2.12. The molecule has 1 aromatic rings. The second kappa shape index (κ2) is 4.93. The number of nitrogens with zero attached hydrogens (tertiary/aromatic N) is 1. The zero-order valence-electron chi connectivity index (χ0n) is 6.87. The molecule has 0 spiro atoms. The van der Waals surface area contributed by atoms with Gasteiger partial charge in [-0.1, -0.05) is 29.3 Å². The van der Waals surface area contributed by atoms with Crippen molar-refractivity contribution < 1.29 is 9.63 Å². The van der Waals surface area contributed by atoms with E-state index < -0.39 is 5.97 Å². The maximum Gasteiger partial charge on any atom is 0.343 e. The van der Waals surface area contributed by atoms with Crippen LogP contribution in [-0.4, -0.2) is 5.97 Å². The van der Waals surface area contributed by atoms with Gasteiger partial charge in [0.2, 0.25) is 0 Å². The zero-order chi connectivity index (χ0) is 10.6. The lowest BCUT2D eigenvalue weighted by Crippen LogP contribution is -2.04. The van der Waals surface area contributed by atoms with E-state index in [0.29, 0.717) is 15.6 Å². The standard InChI is InChI=1S/C8H5Cl2NO3/c9-6-2-1-3-7(10)5(6)4-8(12)14-11-13/h1-3H,4H2. The van der Waals surface area contributed by atoms with Crippen LogP contribution < -0.4 is 0 Å². The van der Waals surface area contributed by atoms with E-state index in [0.717, 1.165) is 0 Å². The van der Waals surface area contributed by atoms with E-state index in [1.54, 1.807) is 18.2 Å². The smallest absolute Gasteiger partial charge is 0.284 e. The first-order valence-electron chi connectivity index (χ1n) is 3.60. The van der Waals surface area contributed by atoms with E-state index >= 15 is 0 Å². The molecular weight excluding hydrogens is 229 g/mol. The minimum Gasteiger partial charge on any atom is -0.284 e. The largest absolute Gasteiger partial charge is 0.343 e. The molecule has 0 unspecified atom stereocenters. The van der Waals surface area contributed by atoms with Crippen molar-refractivity contribution in [3.8, 4) is 0 Å². The van der Waals surface area contributed by atoms with Gasteiger partial charge in [0.25, 0.3) is 0 Å². The van der Waals surface area contributed by atoms with E-state index in [-0.39, 0.29) is 6.42 Å². The van der Waals surface area contributed by atoms with Crippen molar-refractivity contribution in [2.24, 2.45) is 5.34 Å². The number of hydrogen-bond acceptors (Lipinski definition) is 4. The Bertz CT molecular complexity index is 347. The third-order valence-corrected chi connectivity index (χ3v) is 2.23. The van der Waals surface area contributed by atoms with Crippen molar-refractivity contribution in [1.29, 1.82) is 0 Å². The van der Waals surface area contributed by atoms with Gasteiger partial charge in [0.15, 0.2) is 5.34 Å². The van der Waals surface area contributed by atoms with Crippen molar-refractivity contribution in [2.45, 2.75) is 6.42 Å². The molecule has 0 aliphatic carbocycles. The molecule has 0 aromatic heterocycles. The molecule has 1 aromatic carbocycles. The van der Waals surface area contributed by atoms with E-state index in [1.165, 1.54) is 0 Å². The van der Waals surface area contributed by atoms with Gasteiger partial charge in [-0.25, -0.2) is 4.79 Å². The fraction of sp³-hybridized carbons (Fsp3) is 0.125. The summed E-state index contributed by atoms with van der Waals surface area (Å²) in [6, 6.07) is 4.83. The van der Waals surface area contributed by atoms with Crippen molar-refractivity contribution in [3.63, 3.8) is 0 Å². The van der Waals surface area contributed by atoms with Gasteiger partial charge in [-0.2, -0.15) is 0 Å². The third-order valence-electron chi connectivity index (χ3n) is 1.52. The molecule has 0 atom stereocenters. The van der Waals surface area contributed by atoms with Crippen molar-refractivity contribution in [1.82, 2.24) is 0 Å². The van der Waals surface area contributed by atoms with Crippen LogP contribution in [0.2, 0.25) is 10.0 Å². The topological polar surface area (TPSA) is 55.7 Å². The Balaban J connectivity index is 2.85. The third kappa shape index (κ3) is 2.68. The van der Waals surface area contributed by atoms with Crippen molar-refractivity contribution in [2.75, 3.05) is 0 Å². The van der Waals surface area contributed by atoms with Gasteiger partial charge >= 0.3 is 5.97 Å². The lowest BCUT2D eigenvalue weighted by molar-refractivity contribution is -0.143. The predicted molar refractivity (Wildman–Crippen MR) is 52.1 cm³/mol. The van der Waals surface area contributed by atoms with Crippen LogP contribution in [0.15, 0.2) is 23.5 Å². The number of hydrogen-bond donors (Lipinski definition) is 0. The van der Waals surface area contributed by atoms with Gasteiger partial charge < -0.3 is 0 Å². The van der Waals surface area contributed by atoms with Crippen LogP contribution in [0, 0.1) is 4.91 Å². The summed E-state index contributed by atoms with van der Waals surface area (Å²) < 4.78 is 0. The number of carbonyl (C=O) groups excluding carboxylic acids is 1. The van der Waals surface area contributed by atoms with E-state index in [2.05, 4.69) is 4.84 Å². The maximum atomic E-state index is 10.9. The molecule has 0 saturated heterocycles. The first-order valence-corrected chi connectivity index (χ1v) is 4.36. The molecule has 0 amide bonds. The Morgan fingerprint density at radius 2 is 1.93 bits per heavy atom. The molecule has 14 heavy (non-hydrogen) atoms. The van der Waals surface area contributed by atoms with Gasteiger partial charge in [-0.15, -0.1) is 4.91 Å². The Labute approximate surface area is 89.7 Å². The molecule has 0 N–H and O–H groups in total. The summed E-state index contributed by atoms with van der Waals surface area (Å²) >= 11 is 11.5. The van der Waals surface area contributed by atoms with Gasteiger partial charge in [-0.3, -0.25) is 4.84 Å². The van der Waals surface area contributed by atoms with Gasteiger partial charge in [-0.05, 0) is 12.1 Å². The molecule has 1 rings (SSSR count). The highest BCUT2D eigenvalue weighted by atomic mass is 35.5. The van der Waals surface area contributed by atoms with Crippen LogP contribution >= 0.6 is 23.2 Å². The lowest BCUT2D eigenvalue weighted by Gasteiger charge is -2.03. The molecular formula is C8H5Cl2NO3. The van der Waals surface area contributed by atoms with Crippen molar-refractivity contribution in [3.05, 3.63) is 38.7 Å². The second-order valence-electron chi connectivity index (χ2n) is 2.41. The first kappa shape index (κ1) is 10.9. The summed E-state index contributed by atoms with van der Waals surface area (Å²) in [5.41, 5.74) is 0.421. The van der Waals surface area contributed by atoms with E-state index in [4.69, 9.17) is 23.2 Å². The minimum absolute atomic E-state index is 0.176. The fourth-order valence-electron chi connectivity index (χ4n) is 0.919.